The Labute approximate surface area is 133 Å². The van der Waals surface area contributed by atoms with E-state index in [1.54, 1.807) is 24.3 Å². The highest BCUT2D eigenvalue weighted by Gasteiger charge is 2.30. The molecule has 0 spiro atoms. The zero-order chi connectivity index (χ0) is 16.2. The van der Waals surface area contributed by atoms with Crippen LogP contribution in [0.2, 0.25) is 5.02 Å². The molecular weight excluding hydrogens is 337 g/mol. The smallest absolute Gasteiger partial charge is 0.325 e. The summed E-state index contributed by atoms with van der Waals surface area (Å²) in [7, 11) is 0. The lowest BCUT2D eigenvalue weighted by Gasteiger charge is -2.07. The fraction of sp³-hybridized carbons (Fsp3) is 0.143. The van der Waals surface area contributed by atoms with Crippen molar-refractivity contribution < 1.29 is 18.0 Å². The summed E-state index contributed by atoms with van der Waals surface area (Å²) in [6.45, 7) is 0. The summed E-state index contributed by atoms with van der Waals surface area (Å²) in [5, 5.41) is 3.47. The molecule has 1 aromatic heterocycles. The van der Waals surface area contributed by atoms with Crippen LogP contribution >= 0.6 is 23.4 Å². The van der Waals surface area contributed by atoms with Gasteiger partial charge >= 0.3 is 6.18 Å². The molecule has 0 saturated carbocycles. The fourth-order valence-electron chi connectivity index (χ4n) is 1.54. The van der Waals surface area contributed by atoms with Crippen LogP contribution in [0, 0.1) is 0 Å². The van der Waals surface area contributed by atoms with Crippen molar-refractivity contribution in [2.75, 3.05) is 11.1 Å². The summed E-state index contributed by atoms with van der Waals surface area (Å²) < 4.78 is 37.2. The molecule has 0 atom stereocenters. The standard InChI is InChI=1S/C14H10ClF3N2OS/c15-10-2-1-3-11(6-10)20-12(21)8-22-13-5-4-9(7-19-13)14(16,17)18/h1-7H,8H2,(H,20,21). The van der Waals surface area contributed by atoms with Gasteiger partial charge in [-0.25, -0.2) is 4.98 Å². The van der Waals surface area contributed by atoms with E-state index in [1.807, 2.05) is 0 Å². The number of amides is 1. The van der Waals surface area contributed by atoms with E-state index in [2.05, 4.69) is 10.3 Å². The Bertz CT molecular complexity index is 662. The van der Waals surface area contributed by atoms with Gasteiger partial charge in [0.1, 0.15) is 0 Å². The highest BCUT2D eigenvalue weighted by atomic mass is 35.5. The second-order valence-corrected chi connectivity index (χ2v) is 5.66. The Morgan fingerprint density at radius 1 is 1.27 bits per heavy atom. The molecule has 22 heavy (non-hydrogen) atoms. The highest BCUT2D eigenvalue weighted by Crippen LogP contribution is 2.29. The molecule has 0 saturated heterocycles. The first-order valence-corrected chi connectivity index (χ1v) is 7.42. The summed E-state index contributed by atoms with van der Waals surface area (Å²) in [4.78, 5) is 15.4. The van der Waals surface area contributed by atoms with E-state index >= 15 is 0 Å². The van der Waals surface area contributed by atoms with Gasteiger partial charge in [0.15, 0.2) is 0 Å². The van der Waals surface area contributed by atoms with Crippen molar-refractivity contribution in [2.24, 2.45) is 0 Å². The number of pyridine rings is 1. The van der Waals surface area contributed by atoms with Crippen LogP contribution < -0.4 is 5.32 Å². The lowest BCUT2D eigenvalue weighted by Crippen LogP contribution is -2.14. The number of aromatic nitrogens is 1. The van der Waals surface area contributed by atoms with E-state index in [0.29, 0.717) is 15.7 Å². The number of hydrogen-bond donors (Lipinski definition) is 1. The minimum Gasteiger partial charge on any atom is -0.325 e. The number of nitrogens with one attached hydrogen (secondary N) is 1. The molecule has 2 rings (SSSR count). The van der Waals surface area contributed by atoms with Gasteiger partial charge in [0.25, 0.3) is 0 Å². The maximum absolute atomic E-state index is 12.4. The number of rotatable bonds is 4. The normalized spacial score (nSPS) is 11.3. The molecule has 1 amide bonds. The highest BCUT2D eigenvalue weighted by molar-refractivity contribution is 7.99. The second-order valence-electron chi connectivity index (χ2n) is 4.23. The molecule has 0 radical (unpaired) electrons. The summed E-state index contributed by atoms with van der Waals surface area (Å²) in [6.07, 6.45) is -3.67. The predicted octanol–water partition coefficient (Wildman–Crippen LogP) is 4.48. The second kappa shape index (κ2) is 7.02. The van der Waals surface area contributed by atoms with Gasteiger partial charge in [0, 0.05) is 16.9 Å². The summed E-state index contributed by atoms with van der Waals surface area (Å²) in [5.74, 6) is -0.265. The molecule has 116 valence electrons. The van der Waals surface area contributed by atoms with Crippen molar-refractivity contribution in [3.05, 3.63) is 53.2 Å². The third kappa shape index (κ3) is 4.92. The van der Waals surface area contributed by atoms with E-state index in [-0.39, 0.29) is 11.7 Å². The topological polar surface area (TPSA) is 42.0 Å². The van der Waals surface area contributed by atoms with E-state index in [9.17, 15) is 18.0 Å². The van der Waals surface area contributed by atoms with Crippen LogP contribution in [0.15, 0.2) is 47.6 Å². The van der Waals surface area contributed by atoms with Crippen LogP contribution in [0.25, 0.3) is 0 Å². The van der Waals surface area contributed by atoms with Crippen LogP contribution in [0.4, 0.5) is 18.9 Å². The summed E-state index contributed by atoms with van der Waals surface area (Å²) >= 11 is 6.84. The van der Waals surface area contributed by atoms with Crippen LogP contribution in [-0.4, -0.2) is 16.6 Å². The van der Waals surface area contributed by atoms with E-state index in [4.69, 9.17) is 11.6 Å². The number of hydrogen-bond acceptors (Lipinski definition) is 3. The van der Waals surface area contributed by atoms with Gasteiger partial charge in [-0.2, -0.15) is 13.2 Å². The first kappa shape index (κ1) is 16.6. The predicted molar refractivity (Wildman–Crippen MR) is 80.0 cm³/mol. The lowest BCUT2D eigenvalue weighted by molar-refractivity contribution is -0.137. The molecule has 0 aliphatic heterocycles. The van der Waals surface area contributed by atoms with Gasteiger partial charge in [-0.3, -0.25) is 4.79 Å². The van der Waals surface area contributed by atoms with Gasteiger partial charge in [-0.1, -0.05) is 29.4 Å². The minimum absolute atomic E-state index is 0.0326. The third-order valence-corrected chi connectivity index (χ3v) is 3.70. The number of halogens is 4. The maximum Gasteiger partial charge on any atom is 0.417 e. The lowest BCUT2D eigenvalue weighted by atomic mass is 10.3. The number of carbonyl (C=O) groups excluding carboxylic acids is 1. The Hall–Kier alpha value is -1.73. The molecule has 8 heteroatoms. The zero-order valence-corrected chi connectivity index (χ0v) is 12.6. The molecular formula is C14H10ClF3N2OS. The number of anilines is 1. The SMILES string of the molecule is O=C(CSc1ccc(C(F)(F)F)cn1)Nc1cccc(Cl)c1. The molecule has 1 heterocycles. The molecule has 0 aliphatic carbocycles. The largest absolute Gasteiger partial charge is 0.417 e. The Kier molecular flexibility index (Phi) is 5.31. The molecule has 0 bridgehead atoms. The molecule has 3 nitrogen and oxygen atoms in total. The van der Waals surface area contributed by atoms with Crippen LogP contribution in [0.3, 0.4) is 0 Å². The van der Waals surface area contributed by atoms with Crippen molar-refractivity contribution in [2.45, 2.75) is 11.2 Å². The Balaban J connectivity index is 1.88. The zero-order valence-electron chi connectivity index (χ0n) is 11.0. The fourth-order valence-corrected chi connectivity index (χ4v) is 2.37. The van der Waals surface area contributed by atoms with Gasteiger partial charge in [0.05, 0.1) is 16.3 Å². The Morgan fingerprint density at radius 3 is 2.64 bits per heavy atom. The minimum atomic E-state index is -4.42. The number of alkyl halides is 3. The molecule has 0 fully saturated rings. The quantitative estimate of drug-likeness (QED) is 0.830. The van der Waals surface area contributed by atoms with Gasteiger partial charge < -0.3 is 5.32 Å². The summed E-state index contributed by atoms with van der Waals surface area (Å²) in [5.41, 5.74) is -0.265. The number of benzene rings is 1. The maximum atomic E-state index is 12.4. The molecule has 0 unspecified atom stereocenters. The van der Waals surface area contributed by atoms with Crippen molar-refractivity contribution in [3.8, 4) is 0 Å². The van der Waals surface area contributed by atoms with Crippen molar-refractivity contribution in [3.63, 3.8) is 0 Å². The van der Waals surface area contributed by atoms with Crippen molar-refractivity contribution in [1.29, 1.82) is 0 Å². The number of nitrogens with zero attached hydrogens (tertiary/aromatic N) is 1. The van der Waals surface area contributed by atoms with Crippen molar-refractivity contribution in [1.82, 2.24) is 4.98 Å². The molecule has 2 aromatic rings. The molecule has 1 aromatic carbocycles. The first-order valence-electron chi connectivity index (χ1n) is 6.06. The van der Waals surface area contributed by atoms with Gasteiger partial charge in [-0.15, -0.1) is 0 Å². The number of carbonyl (C=O) groups is 1. The first-order chi connectivity index (χ1) is 10.3. The number of thioether (sulfide) groups is 1. The van der Waals surface area contributed by atoms with E-state index in [1.165, 1.54) is 6.07 Å². The van der Waals surface area contributed by atoms with Crippen molar-refractivity contribution >= 4 is 35.0 Å². The van der Waals surface area contributed by atoms with Crippen LogP contribution in [0.1, 0.15) is 5.56 Å². The Morgan fingerprint density at radius 2 is 2.05 bits per heavy atom. The van der Waals surface area contributed by atoms with Crippen LogP contribution in [0.5, 0.6) is 0 Å². The van der Waals surface area contributed by atoms with E-state index in [0.717, 1.165) is 24.0 Å². The van der Waals surface area contributed by atoms with Gasteiger partial charge in [-0.05, 0) is 30.3 Å². The van der Waals surface area contributed by atoms with Gasteiger partial charge in [0.2, 0.25) is 5.91 Å². The average Bonchev–Trinajstić information content (AvgIpc) is 2.45. The average molecular weight is 347 g/mol. The summed E-state index contributed by atoms with van der Waals surface area (Å²) in [6, 6.07) is 8.83. The monoisotopic (exact) mass is 346 g/mol. The molecule has 0 aliphatic rings. The van der Waals surface area contributed by atoms with E-state index < -0.39 is 11.7 Å². The molecule has 1 N–H and O–H groups in total. The van der Waals surface area contributed by atoms with Crippen LogP contribution in [-0.2, 0) is 11.0 Å². The third-order valence-electron chi connectivity index (χ3n) is 2.52.